The monoisotopic (exact) mass is 356 g/mol. The molecule has 138 valence electrons. The smallest absolute Gasteiger partial charge is 0.258 e. The standard InChI is InChI=1S/C19H24N4O3/c1-14-4-3-5-17(10-14)26-13-18(24)20-12-16-11-15(2)21-19(22-16)23-6-8-25-9-7-23/h3-5,10-11H,6-9,12-13H2,1-2H3,(H,20,24). The van der Waals surface area contributed by atoms with Crippen LogP contribution < -0.4 is 15.0 Å². The van der Waals surface area contributed by atoms with Gasteiger partial charge in [0.25, 0.3) is 5.91 Å². The van der Waals surface area contributed by atoms with Crippen molar-refractivity contribution in [2.45, 2.75) is 20.4 Å². The Morgan fingerprint density at radius 1 is 1.23 bits per heavy atom. The van der Waals surface area contributed by atoms with Crippen LogP contribution in [0.5, 0.6) is 5.75 Å². The number of aryl methyl sites for hydroxylation is 2. The summed E-state index contributed by atoms with van der Waals surface area (Å²) >= 11 is 0. The van der Waals surface area contributed by atoms with Gasteiger partial charge in [0.05, 0.1) is 25.5 Å². The van der Waals surface area contributed by atoms with Crippen LogP contribution in [0.1, 0.15) is 17.0 Å². The molecular weight excluding hydrogens is 332 g/mol. The maximum absolute atomic E-state index is 12.0. The van der Waals surface area contributed by atoms with Crippen molar-refractivity contribution in [2.24, 2.45) is 0 Å². The number of anilines is 1. The van der Waals surface area contributed by atoms with E-state index in [1.54, 1.807) is 0 Å². The normalized spacial score (nSPS) is 14.2. The van der Waals surface area contributed by atoms with Gasteiger partial charge < -0.3 is 19.7 Å². The molecule has 1 aromatic heterocycles. The Balaban J connectivity index is 1.53. The number of benzene rings is 1. The zero-order valence-electron chi connectivity index (χ0n) is 15.2. The van der Waals surface area contributed by atoms with E-state index in [9.17, 15) is 4.79 Å². The van der Waals surface area contributed by atoms with Crippen LogP contribution in [0.15, 0.2) is 30.3 Å². The largest absolute Gasteiger partial charge is 0.484 e. The van der Waals surface area contributed by atoms with E-state index in [-0.39, 0.29) is 12.5 Å². The quantitative estimate of drug-likeness (QED) is 0.848. The summed E-state index contributed by atoms with van der Waals surface area (Å²) in [6, 6.07) is 9.50. The highest BCUT2D eigenvalue weighted by molar-refractivity contribution is 5.77. The van der Waals surface area contributed by atoms with Crippen molar-refractivity contribution < 1.29 is 14.3 Å². The summed E-state index contributed by atoms with van der Waals surface area (Å²) in [5, 5.41) is 2.84. The Bertz CT molecular complexity index is 760. The molecule has 1 aromatic carbocycles. The average Bonchev–Trinajstić information content (AvgIpc) is 2.65. The van der Waals surface area contributed by atoms with E-state index in [2.05, 4.69) is 20.2 Å². The second-order valence-corrected chi connectivity index (χ2v) is 6.28. The third kappa shape index (κ3) is 5.16. The van der Waals surface area contributed by atoms with Crippen molar-refractivity contribution in [1.82, 2.24) is 15.3 Å². The number of nitrogens with one attached hydrogen (secondary N) is 1. The van der Waals surface area contributed by atoms with Crippen LogP contribution in [0.4, 0.5) is 5.95 Å². The van der Waals surface area contributed by atoms with E-state index in [1.807, 2.05) is 44.2 Å². The SMILES string of the molecule is Cc1cccc(OCC(=O)NCc2cc(C)nc(N3CCOCC3)n2)c1. The summed E-state index contributed by atoms with van der Waals surface area (Å²) in [5.41, 5.74) is 2.75. The molecule has 1 aliphatic rings. The maximum atomic E-state index is 12.0. The number of morpholine rings is 1. The number of aromatic nitrogens is 2. The fourth-order valence-corrected chi connectivity index (χ4v) is 2.71. The molecule has 2 aromatic rings. The molecule has 3 rings (SSSR count). The van der Waals surface area contributed by atoms with Gasteiger partial charge >= 0.3 is 0 Å². The summed E-state index contributed by atoms with van der Waals surface area (Å²) in [5.74, 6) is 1.19. The molecule has 0 aliphatic carbocycles. The Hall–Kier alpha value is -2.67. The minimum atomic E-state index is -0.185. The lowest BCUT2D eigenvalue weighted by Crippen LogP contribution is -2.37. The molecule has 0 spiro atoms. The molecule has 1 N–H and O–H groups in total. The number of hydrogen-bond donors (Lipinski definition) is 1. The van der Waals surface area contributed by atoms with Crippen LogP contribution >= 0.6 is 0 Å². The number of carbonyl (C=O) groups excluding carboxylic acids is 1. The molecule has 0 unspecified atom stereocenters. The first kappa shape index (κ1) is 18.1. The van der Waals surface area contributed by atoms with E-state index in [0.717, 1.165) is 30.0 Å². The number of carbonyl (C=O) groups is 1. The lowest BCUT2D eigenvalue weighted by Gasteiger charge is -2.27. The van der Waals surface area contributed by atoms with Gasteiger partial charge in [-0.15, -0.1) is 0 Å². The van der Waals surface area contributed by atoms with Crippen molar-refractivity contribution in [3.05, 3.63) is 47.3 Å². The van der Waals surface area contributed by atoms with Gasteiger partial charge in [-0.25, -0.2) is 9.97 Å². The van der Waals surface area contributed by atoms with Crippen molar-refractivity contribution in [2.75, 3.05) is 37.8 Å². The van der Waals surface area contributed by atoms with Gasteiger partial charge in [0, 0.05) is 18.8 Å². The first-order valence-corrected chi connectivity index (χ1v) is 8.73. The van der Waals surface area contributed by atoms with Crippen LogP contribution in [0.25, 0.3) is 0 Å². The number of amides is 1. The highest BCUT2D eigenvalue weighted by atomic mass is 16.5. The lowest BCUT2D eigenvalue weighted by molar-refractivity contribution is -0.123. The van der Waals surface area contributed by atoms with Gasteiger partial charge in [-0.2, -0.15) is 0 Å². The molecule has 1 aliphatic heterocycles. The van der Waals surface area contributed by atoms with Crippen LogP contribution in [0.2, 0.25) is 0 Å². The fraction of sp³-hybridized carbons (Fsp3) is 0.421. The van der Waals surface area contributed by atoms with Crippen molar-refractivity contribution >= 4 is 11.9 Å². The predicted octanol–water partition coefficient (Wildman–Crippen LogP) is 1.63. The van der Waals surface area contributed by atoms with Gasteiger partial charge in [0.2, 0.25) is 5.95 Å². The van der Waals surface area contributed by atoms with Crippen LogP contribution in [0.3, 0.4) is 0 Å². The molecule has 0 radical (unpaired) electrons. The second kappa shape index (κ2) is 8.62. The molecule has 0 atom stereocenters. The van der Waals surface area contributed by atoms with E-state index in [4.69, 9.17) is 9.47 Å². The molecule has 1 fully saturated rings. The second-order valence-electron chi connectivity index (χ2n) is 6.28. The summed E-state index contributed by atoms with van der Waals surface area (Å²) in [4.78, 5) is 23.2. The number of hydrogen-bond acceptors (Lipinski definition) is 6. The highest BCUT2D eigenvalue weighted by Crippen LogP contribution is 2.13. The van der Waals surface area contributed by atoms with E-state index >= 15 is 0 Å². The van der Waals surface area contributed by atoms with Crippen LogP contribution in [-0.2, 0) is 16.1 Å². The van der Waals surface area contributed by atoms with Crippen molar-refractivity contribution in [3.63, 3.8) is 0 Å². The molecule has 1 amide bonds. The topological polar surface area (TPSA) is 76.6 Å². The van der Waals surface area contributed by atoms with Gasteiger partial charge in [-0.3, -0.25) is 4.79 Å². The van der Waals surface area contributed by atoms with E-state index < -0.39 is 0 Å². The zero-order valence-corrected chi connectivity index (χ0v) is 15.2. The third-order valence-electron chi connectivity index (χ3n) is 4.02. The van der Waals surface area contributed by atoms with E-state index in [0.29, 0.717) is 31.5 Å². The maximum Gasteiger partial charge on any atom is 0.258 e. The summed E-state index contributed by atoms with van der Waals surface area (Å²) in [6.07, 6.45) is 0. The Morgan fingerprint density at radius 2 is 2.04 bits per heavy atom. The molecular formula is C19H24N4O3. The van der Waals surface area contributed by atoms with Crippen molar-refractivity contribution in [1.29, 1.82) is 0 Å². The van der Waals surface area contributed by atoms with Crippen LogP contribution in [-0.4, -0.2) is 48.8 Å². The van der Waals surface area contributed by atoms with E-state index in [1.165, 1.54) is 0 Å². The van der Waals surface area contributed by atoms with Gasteiger partial charge in [0.15, 0.2) is 6.61 Å². The Kier molecular flexibility index (Phi) is 6.01. The summed E-state index contributed by atoms with van der Waals surface area (Å²) < 4.78 is 10.9. The fourth-order valence-electron chi connectivity index (χ4n) is 2.71. The minimum Gasteiger partial charge on any atom is -0.484 e. The lowest BCUT2D eigenvalue weighted by atomic mass is 10.2. The zero-order chi connectivity index (χ0) is 18.4. The molecule has 7 nitrogen and oxygen atoms in total. The van der Waals surface area contributed by atoms with Crippen LogP contribution in [0, 0.1) is 13.8 Å². The highest BCUT2D eigenvalue weighted by Gasteiger charge is 2.15. The number of nitrogens with zero attached hydrogens (tertiary/aromatic N) is 3. The Morgan fingerprint density at radius 3 is 2.81 bits per heavy atom. The Labute approximate surface area is 153 Å². The molecule has 7 heteroatoms. The first-order chi connectivity index (χ1) is 12.6. The van der Waals surface area contributed by atoms with Gasteiger partial charge in [0.1, 0.15) is 5.75 Å². The predicted molar refractivity (Wildman–Crippen MR) is 98.3 cm³/mol. The van der Waals surface area contributed by atoms with Gasteiger partial charge in [-0.1, -0.05) is 12.1 Å². The molecule has 2 heterocycles. The number of rotatable bonds is 6. The molecule has 0 bridgehead atoms. The summed E-state index contributed by atoms with van der Waals surface area (Å²) in [6.45, 7) is 7.15. The average molecular weight is 356 g/mol. The van der Waals surface area contributed by atoms with Crippen molar-refractivity contribution in [3.8, 4) is 5.75 Å². The molecule has 0 saturated carbocycles. The first-order valence-electron chi connectivity index (χ1n) is 8.73. The van der Waals surface area contributed by atoms with Gasteiger partial charge in [-0.05, 0) is 37.6 Å². The third-order valence-corrected chi connectivity index (χ3v) is 4.02. The molecule has 26 heavy (non-hydrogen) atoms. The minimum absolute atomic E-state index is 0.0240. The number of ether oxygens (including phenoxy) is 2. The summed E-state index contributed by atoms with van der Waals surface area (Å²) in [7, 11) is 0. The molecule has 1 saturated heterocycles.